The van der Waals surface area contributed by atoms with Crippen molar-refractivity contribution in [3.63, 3.8) is 0 Å². The average molecular weight is 431 g/mol. The first-order chi connectivity index (χ1) is 14.7. The Morgan fingerprint density at radius 2 is 1.74 bits per heavy atom. The van der Waals surface area contributed by atoms with Gasteiger partial charge in [-0.25, -0.2) is 9.67 Å². The van der Waals surface area contributed by atoms with Gasteiger partial charge in [0, 0.05) is 25.8 Å². The molecule has 1 amide bonds. The minimum atomic E-state index is -4.75. The quantitative estimate of drug-likeness (QED) is 0.604. The van der Waals surface area contributed by atoms with Crippen molar-refractivity contribution in [1.29, 1.82) is 0 Å². The number of hydrogen-bond donors (Lipinski definition) is 1. The van der Waals surface area contributed by atoms with Crippen molar-refractivity contribution < 1.29 is 18.0 Å². The number of nitrogens with one attached hydrogen (secondary N) is 1. The molecule has 2 aromatic heterocycles. The Kier molecular flexibility index (Phi) is 6.62. The molecular weight excluding hydrogens is 407 g/mol. The minimum absolute atomic E-state index is 0.0529. The van der Waals surface area contributed by atoms with Crippen LogP contribution in [0.4, 0.5) is 19.0 Å². The van der Waals surface area contributed by atoms with E-state index in [4.69, 9.17) is 0 Å². The van der Waals surface area contributed by atoms with Crippen molar-refractivity contribution in [3.05, 3.63) is 71.2 Å². The van der Waals surface area contributed by atoms with Gasteiger partial charge < -0.3 is 10.2 Å². The van der Waals surface area contributed by atoms with Gasteiger partial charge in [0.15, 0.2) is 5.69 Å². The largest absolute Gasteiger partial charge is 0.434 e. The van der Waals surface area contributed by atoms with Crippen LogP contribution in [0.25, 0.3) is 5.69 Å². The number of benzene rings is 1. The SMILES string of the molecule is CCN(CC)c1ccc(CNC(=O)c2cnn(-c3ccc(C)cc3)c2C(F)(F)F)cn1. The number of pyridine rings is 1. The van der Waals surface area contributed by atoms with Gasteiger partial charge in [0.05, 0.1) is 17.4 Å². The van der Waals surface area contributed by atoms with E-state index in [9.17, 15) is 18.0 Å². The van der Waals surface area contributed by atoms with Crippen LogP contribution in [0.3, 0.4) is 0 Å². The molecule has 0 aliphatic carbocycles. The highest BCUT2D eigenvalue weighted by atomic mass is 19.4. The van der Waals surface area contributed by atoms with E-state index in [1.807, 2.05) is 26.8 Å². The summed E-state index contributed by atoms with van der Waals surface area (Å²) in [6.45, 7) is 7.55. The number of amides is 1. The van der Waals surface area contributed by atoms with Crippen molar-refractivity contribution in [2.75, 3.05) is 18.0 Å². The number of hydrogen-bond acceptors (Lipinski definition) is 4. The van der Waals surface area contributed by atoms with Gasteiger partial charge in [-0.3, -0.25) is 4.79 Å². The van der Waals surface area contributed by atoms with Gasteiger partial charge >= 0.3 is 6.18 Å². The lowest BCUT2D eigenvalue weighted by atomic mass is 10.2. The van der Waals surface area contributed by atoms with E-state index in [1.54, 1.807) is 24.4 Å². The lowest BCUT2D eigenvalue weighted by molar-refractivity contribution is -0.143. The van der Waals surface area contributed by atoms with Crippen LogP contribution in [0, 0.1) is 6.92 Å². The predicted molar refractivity (Wildman–Crippen MR) is 112 cm³/mol. The Labute approximate surface area is 178 Å². The topological polar surface area (TPSA) is 63.1 Å². The van der Waals surface area contributed by atoms with E-state index in [-0.39, 0.29) is 12.2 Å². The second-order valence-corrected chi connectivity index (χ2v) is 7.03. The summed E-state index contributed by atoms with van der Waals surface area (Å²) in [7, 11) is 0. The number of alkyl halides is 3. The molecule has 164 valence electrons. The summed E-state index contributed by atoms with van der Waals surface area (Å²) in [4.78, 5) is 19.0. The van der Waals surface area contributed by atoms with Crippen LogP contribution in [0.5, 0.6) is 0 Å². The molecule has 3 rings (SSSR count). The molecule has 0 saturated heterocycles. The monoisotopic (exact) mass is 431 g/mol. The van der Waals surface area contributed by atoms with Crippen LogP contribution in [-0.4, -0.2) is 33.8 Å². The number of aryl methyl sites for hydroxylation is 1. The fraction of sp³-hybridized carbons (Fsp3) is 0.318. The van der Waals surface area contributed by atoms with Crippen molar-refractivity contribution in [1.82, 2.24) is 20.1 Å². The number of carbonyl (C=O) groups excluding carboxylic acids is 1. The van der Waals surface area contributed by atoms with Gasteiger partial charge in [-0.15, -0.1) is 0 Å². The Morgan fingerprint density at radius 1 is 1.06 bits per heavy atom. The summed E-state index contributed by atoms with van der Waals surface area (Å²) in [6.07, 6.45) is -2.20. The van der Waals surface area contributed by atoms with E-state index in [1.165, 1.54) is 12.1 Å². The molecule has 0 atom stereocenters. The first-order valence-corrected chi connectivity index (χ1v) is 9.95. The number of anilines is 1. The smallest absolute Gasteiger partial charge is 0.357 e. The van der Waals surface area contributed by atoms with Crippen molar-refractivity contribution in [2.24, 2.45) is 0 Å². The summed E-state index contributed by atoms with van der Waals surface area (Å²) in [5.74, 6) is -0.0442. The van der Waals surface area contributed by atoms with Gasteiger partial charge in [-0.05, 0) is 44.5 Å². The Balaban J connectivity index is 1.79. The molecule has 1 N–H and O–H groups in total. The van der Waals surface area contributed by atoms with E-state index >= 15 is 0 Å². The van der Waals surface area contributed by atoms with Crippen LogP contribution < -0.4 is 10.2 Å². The number of carbonyl (C=O) groups is 1. The van der Waals surface area contributed by atoms with Crippen LogP contribution in [0.1, 0.15) is 41.0 Å². The number of aromatic nitrogens is 3. The summed E-state index contributed by atoms with van der Waals surface area (Å²) >= 11 is 0. The molecule has 6 nitrogen and oxygen atoms in total. The maximum absolute atomic E-state index is 13.8. The molecule has 9 heteroatoms. The molecule has 0 aliphatic heterocycles. The van der Waals surface area contributed by atoms with Crippen molar-refractivity contribution in [3.8, 4) is 5.69 Å². The maximum Gasteiger partial charge on any atom is 0.434 e. The molecule has 0 saturated carbocycles. The average Bonchev–Trinajstić information content (AvgIpc) is 3.20. The van der Waals surface area contributed by atoms with Gasteiger partial charge in [0.2, 0.25) is 0 Å². The zero-order chi connectivity index (χ0) is 22.6. The zero-order valence-corrected chi connectivity index (χ0v) is 17.6. The Bertz CT molecular complexity index is 1020. The molecular formula is C22H24F3N5O. The second kappa shape index (κ2) is 9.20. The van der Waals surface area contributed by atoms with Gasteiger partial charge in [0.1, 0.15) is 5.82 Å². The molecule has 0 aliphatic rings. The minimum Gasteiger partial charge on any atom is -0.357 e. The second-order valence-electron chi connectivity index (χ2n) is 7.03. The van der Waals surface area contributed by atoms with Crippen LogP contribution in [0.2, 0.25) is 0 Å². The third kappa shape index (κ3) is 5.04. The van der Waals surface area contributed by atoms with Crippen molar-refractivity contribution >= 4 is 11.7 Å². The molecule has 0 radical (unpaired) electrons. The van der Waals surface area contributed by atoms with Crippen LogP contribution >= 0.6 is 0 Å². The fourth-order valence-corrected chi connectivity index (χ4v) is 3.20. The Hall–Kier alpha value is -3.36. The van der Waals surface area contributed by atoms with Gasteiger partial charge in [-0.2, -0.15) is 18.3 Å². The first-order valence-electron chi connectivity index (χ1n) is 9.95. The van der Waals surface area contributed by atoms with E-state index in [2.05, 4.69) is 20.3 Å². The normalized spacial score (nSPS) is 11.4. The third-order valence-electron chi connectivity index (χ3n) is 4.91. The summed E-state index contributed by atoms with van der Waals surface area (Å²) in [5, 5.41) is 6.36. The zero-order valence-electron chi connectivity index (χ0n) is 17.6. The van der Waals surface area contributed by atoms with Crippen molar-refractivity contribution in [2.45, 2.75) is 33.5 Å². The molecule has 2 heterocycles. The summed E-state index contributed by atoms with van der Waals surface area (Å²) < 4.78 is 42.0. The lowest BCUT2D eigenvalue weighted by Crippen LogP contribution is -2.26. The number of halogens is 3. The van der Waals surface area contributed by atoms with E-state index in [0.29, 0.717) is 5.56 Å². The van der Waals surface area contributed by atoms with Crippen LogP contribution in [0.15, 0.2) is 48.8 Å². The first kappa shape index (κ1) is 22.3. The number of nitrogens with zero attached hydrogens (tertiary/aromatic N) is 4. The fourth-order valence-electron chi connectivity index (χ4n) is 3.20. The molecule has 1 aromatic carbocycles. The van der Waals surface area contributed by atoms with E-state index in [0.717, 1.165) is 35.3 Å². The molecule has 0 unspecified atom stereocenters. The third-order valence-corrected chi connectivity index (χ3v) is 4.91. The Morgan fingerprint density at radius 3 is 2.29 bits per heavy atom. The lowest BCUT2D eigenvalue weighted by Gasteiger charge is -2.19. The summed E-state index contributed by atoms with van der Waals surface area (Å²) in [6, 6.07) is 10.1. The molecule has 0 fully saturated rings. The highest BCUT2D eigenvalue weighted by Gasteiger charge is 2.40. The maximum atomic E-state index is 13.8. The van der Waals surface area contributed by atoms with Gasteiger partial charge in [0.25, 0.3) is 5.91 Å². The number of rotatable bonds is 7. The molecule has 31 heavy (non-hydrogen) atoms. The van der Waals surface area contributed by atoms with Crippen LogP contribution in [-0.2, 0) is 12.7 Å². The molecule has 0 bridgehead atoms. The van der Waals surface area contributed by atoms with Gasteiger partial charge in [-0.1, -0.05) is 23.8 Å². The standard InChI is InChI=1S/C22H24F3N5O/c1-4-29(5-2)19-11-8-16(12-26-19)13-27-21(31)18-14-28-30(20(18)22(23,24)25)17-9-6-15(3)7-10-17/h6-12,14H,4-5,13H2,1-3H3,(H,27,31). The van der Waals surface area contributed by atoms with E-state index < -0.39 is 23.3 Å². The predicted octanol–water partition coefficient (Wildman–Crippen LogP) is 4.37. The molecule has 0 spiro atoms. The summed E-state index contributed by atoms with van der Waals surface area (Å²) in [5.41, 5.74) is 0.185. The highest BCUT2D eigenvalue weighted by Crippen LogP contribution is 2.33. The highest BCUT2D eigenvalue weighted by molar-refractivity contribution is 5.95. The molecule has 3 aromatic rings.